The number of piperazine rings is 1. The van der Waals surface area contributed by atoms with Crippen molar-refractivity contribution in [3.8, 4) is 11.5 Å². The maximum atomic E-state index is 12.7. The smallest absolute Gasteiger partial charge is 0.222 e. The van der Waals surface area contributed by atoms with Crippen molar-refractivity contribution in [1.82, 2.24) is 14.7 Å². The number of likely N-dealkylation sites (N-methyl/N-ethyl adjacent to an activating group) is 1. The average Bonchev–Trinajstić information content (AvgIpc) is 2.66. The summed E-state index contributed by atoms with van der Waals surface area (Å²) in [5.41, 5.74) is 1.17. The van der Waals surface area contributed by atoms with Gasteiger partial charge in [0.25, 0.3) is 0 Å². The Hall–Kier alpha value is -1.79. The second kappa shape index (κ2) is 10.7. The Morgan fingerprint density at radius 1 is 1.11 bits per heavy atom. The van der Waals surface area contributed by atoms with E-state index >= 15 is 0 Å². The summed E-state index contributed by atoms with van der Waals surface area (Å²) < 4.78 is 10.6. The van der Waals surface area contributed by atoms with E-state index in [1.807, 2.05) is 18.2 Å². The van der Waals surface area contributed by atoms with Gasteiger partial charge in [0.15, 0.2) is 11.5 Å². The number of aryl methyl sites for hydroxylation is 1. The fraction of sp³-hybridized carbons (Fsp3) is 0.682. The van der Waals surface area contributed by atoms with Gasteiger partial charge in [-0.3, -0.25) is 9.69 Å². The van der Waals surface area contributed by atoms with Crippen LogP contribution in [0.1, 0.15) is 32.3 Å². The zero-order valence-electron chi connectivity index (χ0n) is 18.4. The molecule has 0 spiro atoms. The van der Waals surface area contributed by atoms with Crippen LogP contribution in [-0.2, 0) is 11.2 Å². The molecule has 1 aromatic carbocycles. The van der Waals surface area contributed by atoms with Crippen molar-refractivity contribution in [3.05, 3.63) is 23.8 Å². The zero-order chi connectivity index (χ0) is 20.7. The van der Waals surface area contributed by atoms with Gasteiger partial charge in [0.05, 0.1) is 14.2 Å². The van der Waals surface area contributed by atoms with Crippen LogP contribution in [-0.4, -0.2) is 87.2 Å². The van der Waals surface area contributed by atoms with Crippen LogP contribution in [0.5, 0.6) is 11.5 Å². The van der Waals surface area contributed by atoms with E-state index in [0.29, 0.717) is 18.5 Å². The number of hydrogen-bond acceptors (Lipinski definition) is 5. The van der Waals surface area contributed by atoms with Crippen LogP contribution in [0.4, 0.5) is 0 Å². The summed E-state index contributed by atoms with van der Waals surface area (Å²) in [6.45, 7) is 8.22. The molecule has 6 heteroatoms. The summed E-state index contributed by atoms with van der Waals surface area (Å²) in [6, 6.07) is 6.76. The van der Waals surface area contributed by atoms with Gasteiger partial charge in [-0.15, -0.1) is 0 Å². The number of amides is 1. The van der Waals surface area contributed by atoms with E-state index in [9.17, 15) is 4.79 Å². The van der Waals surface area contributed by atoms with E-state index in [2.05, 4.69) is 42.6 Å². The first-order valence-electron chi connectivity index (χ1n) is 10.2. The Kier molecular flexibility index (Phi) is 8.58. The SMILES string of the molecule is COc1ccc(CCCC(=O)N2CC(C)N(CCN(C)C)C(C)C2)cc1OC. The quantitative estimate of drug-likeness (QED) is 0.647. The molecule has 6 nitrogen and oxygen atoms in total. The molecule has 2 atom stereocenters. The number of rotatable bonds is 9. The molecule has 0 N–H and O–H groups in total. The van der Waals surface area contributed by atoms with Gasteiger partial charge in [-0.2, -0.15) is 0 Å². The largest absolute Gasteiger partial charge is 0.493 e. The third-order valence-electron chi connectivity index (χ3n) is 5.56. The highest BCUT2D eigenvalue weighted by Gasteiger charge is 2.31. The minimum atomic E-state index is 0.270. The molecule has 1 heterocycles. The third kappa shape index (κ3) is 6.11. The summed E-state index contributed by atoms with van der Waals surface area (Å²) in [5.74, 6) is 1.74. The fourth-order valence-corrected chi connectivity index (χ4v) is 3.95. The number of ether oxygens (including phenoxy) is 2. The van der Waals surface area contributed by atoms with Gasteiger partial charge in [-0.1, -0.05) is 6.07 Å². The van der Waals surface area contributed by atoms with Crippen molar-refractivity contribution < 1.29 is 14.3 Å². The summed E-state index contributed by atoms with van der Waals surface area (Å²) in [6.07, 6.45) is 2.30. The van der Waals surface area contributed by atoms with Crippen LogP contribution in [0.15, 0.2) is 18.2 Å². The van der Waals surface area contributed by atoms with Crippen molar-refractivity contribution in [2.75, 3.05) is 54.5 Å². The van der Waals surface area contributed by atoms with E-state index in [4.69, 9.17) is 9.47 Å². The molecule has 1 saturated heterocycles. The Bertz CT molecular complexity index is 623. The lowest BCUT2D eigenvalue weighted by atomic mass is 10.0. The molecule has 0 bridgehead atoms. The minimum Gasteiger partial charge on any atom is -0.493 e. The summed E-state index contributed by atoms with van der Waals surface area (Å²) >= 11 is 0. The molecule has 1 fully saturated rings. The summed E-state index contributed by atoms with van der Waals surface area (Å²) in [7, 11) is 7.49. The number of carbonyl (C=O) groups excluding carboxylic acids is 1. The van der Waals surface area contributed by atoms with Crippen LogP contribution in [0, 0.1) is 0 Å². The predicted molar refractivity (Wildman–Crippen MR) is 113 cm³/mol. The Labute approximate surface area is 170 Å². The number of hydrogen-bond donors (Lipinski definition) is 0. The first kappa shape index (κ1) is 22.5. The van der Waals surface area contributed by atoms with Gasteiger partial charge in [0, 0.05) is 44.7 Å². The molecule has 2 rings (SSSR count). The Morgan fingerprint density at radius 3 is 2.32 bits per heavy atom. The Morgan fingerprint density at radius 2 is 1.75 bits per heavy atom. The van der Waals surface area contributed by atoms with Crippen molar-refractivity contribution in [3.63, 3.8) is 0 Å². The van der Waals surface area contributed by atoms with E-state index in [-0.39, 0.29) is 5.91 Å². The molecule has 0 aliphatic carbocycles. The molecule has 0 saturated carbocycles. The van der Waals surface area contributed by atoms with Crippen LogP contribution in [0.3, 0.4) is 0 Å². The highest BCUT2D eigenvalue weighted by Crippen LogP contribution is 2.28. The van der Waals surface area contributed by atoms with Crippen molar-refractivity contribution >= 4 is 5.91 Å². The second-order valence-electron chi connectivity index (χ2n) is 8.08. The molecule has 1 aromatic rings. The van der Waals surface area contributed by atoms with Crippen molar-refractivity contribution in [1.29, 1.82) is 0 Å². The maximum absolute atomic E-state index is 12.7. The monoisotopic (exact) mass is 391 g/mol. The number of benzene rings is 1. The zero-order valence-corrected chi connectivity index (χ0v) is 18.4. The molecule has 28 heavy (non-hydrogen) atoms. The topological polar surface area (TPSA) is 45.2 Å². The molecule has 2 unspecified atom stereocenters. The molecular formula is C22H37N3O3. The maximum Gasteiger partial charge on any atom is 0.222 e. The van der Waals surface area contributed by atoms with Gasteiger partial charge >= 0.3 is 0 Å². The van der Waals surface area contributed by atoms with Gasteiger partial charge in [-0.05, 0) is 58.5 Å². The van der Waals surface area contributed by atoms with E-state index in [1.54, 1.807) is 14.2 Å². The van der Waals surface area contributed by atoms with Crippen LogP contribution >= 0.6 is 0 Å². The summed E-state index contributed by atoms with van der Waals surface area (Å²) in [5, 5.41) is 0. The molecule has 1 amide bonds. The second-order valence-corrected chi connectivity index (χ2v) is 8.08. The van der Waals surface area contributed by atoms with Gasteiger partial charge in [0.1, 0.15) is 0 Å². The lowest BCUT2D eigenvalue weighted by Gasteiger charge is -2.45. The minimum absolute atomic E-state index is 0.270. The number of nitrogens with zero attached hydrogens (tertiary/aromatic N) is 3. The van der Waals surface area contributed by atoms with Crippen molar-refractivity contribution in [2.24, 2.45) is 0 Å². The molecule has 1 aliphatic rings. The summed E-state index contributed by atoms with van der Waals surface area (Å²) in [4.78, 5) is 19.5. The van der Waals surface area contributed by atoms with Crippen LogP contribution < -0.4 is 9.47 Å². The first-order valence-corrected chi connectivity index (χ1v) is 10.2. The molecule has 0 aromatic heterocycles. The van der Waals surface area contributed by atoms with Crippen molar-refractivity contribution in [2.45, 2.75) is 45.2 Å². The number of carbonyl (C=O) groups is 1. The van der Waals surface area contributed by atoms with Gasteiger partial charge in [-0.25, -0.2) is 0 Å². The highest BCUT2D eigenvalue weighted by molar-refractivity contribution is 5.76. The lowest BCUT2D eigenvalue weighted by Crippen LogP contribution is -2.59. The van der Waals surface area contributed by atoms with Crippen LogP contribution in [0.2, 0.25) is 0 Å². The highest BCUT2D eigenvalue weighted by atomic mass is 16.5. The molecule has 158 valence electrons. The Balaban J connectivity index is 1.82. The third-order valence-corrected chi connectivity index (χ3v) is 5.56. The van der Waals surface area contributed by atoms with Crippen LogP contribution in [0.25, 0.3) is 0 Å². The normalized spacial score (nSPS) is 20.5. The van der Waals surface area contributed by atoms with E-state index < -0.39 is 0 Å². The first-order chi connectivity index (χ1) is 13.3. The lowest BCUT2D eigenvalue weighted by molar-refractivity contribution is -0.135. The fourth-order valence-electron chi connectivity index (χ4n) is 3.95. The molecular weight excluding hydrogens is 354 g/mol. The van der Waals surface area contributed by atoms with E-state index in [0.717, 1.165) is 50.5 Å². The standard InChI is InChI=1S/C22H37N3O3/c1-17-15-24(16-18(2)25(17)13-12-23(3)4)22(26)9-7-8-19-10-11-20(27-5)21(14-19)28-6/h10-11,14,17-18H,7-9,12-13,15-16H2,1-6H3. The molecule has 1 aliphatic heterocycles. The van der Waals surface area contributed by atoms with Gasteiger partial charge in [0.2, 0.25) is 5.91 Å². The van der Waals surface area contributed by atoms with Gasteiger partial charge < -0.3 is 19.3 Å². The van der Waals surface area contributed by atoms with E-state index in [1.165, 1.54) is 5.56 Å². The predicted octanol–water partition coefficient (Wildman–Crippen LogP) is 2.51. The molecule has 0 radical (unpaired) electrons. The average molecular weight is 392 g/mol. The number of methoxy groups -OCH3 is 2.